The molecule has 0 aliphatic rings. The van der Waals surface area contributed by atoms with Crippen LogP contribution in [0.15, 0.2) is 11.6 Å². The van der Waals surface area contributed by atoms with Crippen LogP contribution < -0.4 is 0 Å². The highest BCUT2D eigenvalue weighted by molar-refractivity contribution is 5.92. The molecule has 84 valence electrons. The molecule has 0 aliphatic carbocycles. The maximum Gasteiger partial charge on any atom is 0.348 e. The van der Waals surface area contributed by atoms with E-state index in [9.17, 15) is 4.79 Å². The minimum atomic E-state index is -0.574. The van der Waals surface area contributed by atoms with Crippen molar-refractivity contribution in [2.75, 3.05) is 13.7 Å². The second-order valence-electron chi connectivity index (χ2n) is 3.16. The summed E-state index contributed by atoms with van der Waals surface area (Å²) in [6.07, 6.45) is 3.05. The maximum atomic E-state index is 11.3. The lowest BCUT2D eigenvalue weighted by Gasteiger charge is -2.09. The van der Waals surface area contributed by atoms with Gasteiger partial charge in [-0.3, -0.25) is 0 Å². The van der Waals surface area contributed by atoms with E-state index in [1.165, 1.54) is 7.11 Å². The van der Waals surface area contributed by atoms with Gasteiger partial charge in [-0.1, -0.05) is 19.4 Å². The lowest BCUT2D eigenvalue weighted by atomic mass is 10.2. The van der Waals surface area contributed by atoms with E-state index in [1.807, 2.05) is 13.0 Å². The first-order valence-electron chi connectivity index (χ1n) is 4.95. The molecule has 0 aromatic rings. The fraction of sp³-hybridized carbons (Fsp3) is 0.636. The van der Waals surface area contributed by atoms with Crippen LogP contribution in [0.1, 0.15) is 26.7 Å². The van der Waals surface area contributed by atoms with Crippen molar-refractivity contribution in [1.82, 2.24) is 0 Å². The predicted octanol–water partition coefficient (Wildman–Crippen LogP) is 1.81. The van der Waals surface area contributed by atoms with Crippen LogP contribution in [-0.2, 0) is 14.3 Å². The highest BCUT2D eigenvalue weighted by Gasteiger charge is 2.11. The maximum absolute atomic E-state index is 11.3. The van der Waals surface area contributed by atoms with E-state index < -0.39 is 5.97 Å². The molecule has 0 fully saturated rings. The molecule has 1 unspecified atom stereocenters. The highest BCUT2D eigenvalue weighted by atomic mass is 16.6. The molecule has 0 aliphatic heterocycles. The Hall–Kier alpha value is -1.34. The van der Waals surface area contributed by atoms with Gasteiger partial charge in [0, 0.05) is 7.11 Å². The Kier molecular flexibility index (Phi) is 7.29. The van der Waals surface area contributed by atoms with Crippen molar-refractivity contribution in [3.8, 4) is 6.07 Å². The Morgan fingerprint density at radius 3 is 2.73 bits per heavy atom. The molecular formula is C11H17NO3. The third-order valence-electron chi connectivity index (χ3n) is 1.83. The van der Waals surface area contributed by atoms with Crippen LogP contribution in [0.4, 0.5) is 0 Å². The predicted molar refractivity (Wildman–Crippen MR) is 56.0 cm³/mol. The molecule has 1 atom stereocenters. The number of ether oxygens (including phenoxy) is 2. The molecule has 0 aromatic heterocycles. The molecule has 0 aromatic carbocycles. The number of nitrogens with zero attached hydrogens (tertiary/aromatic N) is 1. The van der Waals surface area contributed by atoms with Crippen molar-refractivity contribution in [1.29, 1.82) is 5.26 Å². The van der Waals surface area contributed by atoms with Gasteiger partial charge in [-0.05, 0) is 13.3 Å². The number of esters is 1. The third kappa shape index (κ3) is 5.87. The quantitative estimate of drug-likeness (QED) is 0.382. The first-order valence-corrected chi connectivity index (χ1v) is 4.95. The molecule has 0 heterocycles. The van der Waals surface area contributed by atoms with Crippen LogP contribution >= 0.6 is 0 Å². The van der Waals surface area contributed by atoms with Gasteiger partial charge in [0.25, 0.3) is 0 Å². The van der Waals surface area contributed by atoms with Crippen LogP contribution in [0.5, 0.6) is 0 Å². The van der Waals surface area contributed by atoms with Gasteiger partial charge in [-0.2, -0.15) is 5.26 Å². The number of carbonyl (C=O) groups excluding carboxylic acids is 1. The largest absolute Gasteiger partial charge is 0.459 e. The zero-order valence-electron chi connectivity index (χ0n) is 9.45. The minimum absolute atomic E-state index is 0.0696. The first-order chi connectivity index (χ1) is 7.15. The number of allylic oxidation sites excluding steroid dienone is 1. The second kappa shape index (κ2) is 8.01. The summed E-state index contributed by atoms with van der Waals surface area (Å²) in [5, 5.41) is 8.70. The molecule has 0 rings (SSSR count). The van der Waals surface area contributed by atoms with Crippen LogP contribution in [0.2, 0.25) is 0 Å². The number of nitriles is 1. The summed E-state index contributed by atoms with van der Waals surface area (Å²) in [5.41, 5.74) is 0.0696. The highest BCUT2D eigenvalue weighted by Crippen LogP contribution is 2.02. The van der Waals surface area contributed by atoms with Crippen molar-refractivity contribution in [3.63, 3.8) is 0 Å². The van der Waals surface area contributed by atoms with Gasteiger partial charge < -0.3 is 9.47 Å². The van der Waals surface area contributed by atoms with Crippen LogP contribution in [0.25, 0.3) is 0 Å². The minimum Gasteiger partial charge on any atom is -0.459 e. The molecule has 0 N–H and O–H groups in total. The van der Waals surface area contributed by atoms with Crippen molar-refractivity contribution < 1.29 is 14.3 Å². The zero-order chi connectivity index (χ0) is 11.7. The van der Waals surface area contributed by atoms with Crippen molar-refractivity contribution in [2.24, 2.45) is 0 Å². The van der Waals surface area contributed by atoms with Gasteiger partial charge in [-0.25, -0.2) is 4.79 Å². The molecule has 0 bridgehead atoms. The molecule has 0 saturated heterocycles. The lowest BCUT2D eigenvalue weighted by molar-refractivity contribution is -0.141. The molecule has 0 radical (unpaired) electrons. The Labute approximate surface area is 90.5 Å². The van der Waals surface area contributed by atoms with E-state index in [1.54, 1.807) is 13.0 Å². The van der Waals surface area contributed by atoms with Gasteiger partial charge in [0.05, 0.1) is 6.10 Å². The molecular weight excluding hydrogens is 194 g/mol. The van der Waals surface area contributed by atoms with Gasteiger partial charge in [0.1, 0.15) is 18.2 Å². The van der Waals surface area contributed by atoms with Gasteiger partial charge >= 0.3 is 5.97 Å². The Bertz CT molecular complexity index is 265. The van der Waals surface area contributed by atoms with Crippen molar-refractivity contribution >= 4 is 5.97 Å². The number of unbranched alkanes of at least 4 members (excludes halogenated alkanes) is 1. The van der Waals surface area contributed by atoms with E-state index in [0.717, 1.165) is 6.42 Å². The number of rotatable bonds is 6. The van der Waals surface area contributed by atoms with E-state index in [4.69, 9.17) is 14.7 Å². The summed E-state index contributed by atoms with van der Waals surface area (Å²) in [7, 11) is 1.54. The number of hydrogen-bond donors (Lipinski definition) is 0. The van der Waals surface area contributed by atoms with E-state index in [0.29, 0.717) is 6.42 Å². The molecule has 4 heteroatoms. The SMILES string of the molecule is CCCC=C(C#N)C(=O)OCC(C)OC. The van der Waals surface area contributed by atoms with E-state index in [-0.39, 0.29) is 18.3 Å². The Morgan fingerprint density at radius 2 is 2.27 bits per heavy atom. The van der Waals surface area contributed by atoms with Crippen molar-refractivity contribution in [3.05, 3.63) is 11.6 Å². The van der Waals surface area contributed by atoms with E-state index in [2.05, 4.69) is 0 Å². The molecule has 15 heavy (non-hydrogen) atoms. The Balaban J connectivity index is 4.12. The summed E-state index contributed by atoms with van der Waals surface area (Å²) in [6, 6.07) is 1.82. The van der Waals surface area contributed by atoms with Gasteiger partial charge in [-0.15, -0.1) is 0 Å². The number of carbonyl (C=O) groups is 1. The van der Waals surface area contributed by atoms with E-state index >= 15 is 0 Å². The third-order valence-corrected chi connectivity index (χ3v) is 1.83. The van der Waals surface area contributed by atoms with Crippen LogP contribution in [0.3, 0.4) is 0 Å². The first kappa shape index (κ1) is 13.7. The molecule has 0 saturated carbocycles. The average molecular weight is 211 g/mol. The normalized spacial score (nSPS) is 13.1. The topological polar surface area (TPSA) is 59.3 Å². The van der Waals surface area contributed by atoms with Crippen molar-refractivity contribution in [2.45, 2.75) is 32.8 Å². The standard InChI is InChI=1S/C11H17NO3/c1-4-5-6-10(7-12)11(13)15-8-9(2)14-3/h6,9H,4-5,8H2,1-3H3. The summed E-state index contributed by atoms with van der Waals surface area (Å²) in [6.45, 7) is 3.93. The van der Waals surface area contributed by atoms with Crippen LogP contribution in [0, 0.1) is 11.3 Å². The van der Waals surface area contributed by atoms with Gasteiger partial charge in [0.2, 0.25) is 0 Å². The summed E-state index contributed by atoms with van der Waals surface area (Å²) in [5.74, 6) is -0.574. The fourth-order valence-electron chi connectivity index (χ4n) is 0.802. The second-order valence-corrected chi connectivity index (χ2v) is 3.16. The fourth-order valence-corrected chi connectivity index (χ4v) is 0.802. The zero-order valence-corrected chi connectivity index (χ0v) is 9.45. The average Bonchev–Trinajstić information content (AvgIpc) is 2.26. The Morgan fingerprint density at radius 1 is 1.60 bits per heavy atom. The summed E-state index contributed by atoms with van der Waals surface area (Å²) < 4.78 is 9.81. The molecule has 4 nitrogen and oxygen atoms in total. The van der Waals surface area contributed by atoms with Crippen LogP contribution in [-0.4, -0.2) is 25.8 Å². The van der Waals surface area contributed by atoms with Gasteiger partial charge in [0.15, 0.2) is 0 Å². The number of hydrogen-bond acceptors (Lipinski definition) is 4. The summed E-state index contributed by atoms with van der Waals surface area (Å²) >= 11 is 0. The lowest BCUT2D eigenvalue weighted by Crippen LogP contribution is -2.18. The number of methoxy groups -OCH3 is 1. The monoisotopic (exact) mass is 211 g/mol. The summed E-state index contributed by atoms with van der Waals surface area (Å²) in [4.78, 5) is 11.3. The molecule has 0 spiro atoms. The molecule has 0 amide bonds. The smallest absolute Gasteiger partial charge is 0.348 e.